The van der Waals surface area contributed by atoms with Crippen molar-refractivity contribution < 1.29 is 9.90 Å². The zero-order valence-electron chi connectivity index (χ0n) is 10.0. The zero-order chi connectivity index (χ0) is 12.6. The Morgan fingerprint density at radius 3 is 2.76 bits per heavy atom. The van der Waals surface area contributed by atoms with Gasteiger partial charge in [0.2, 0.25) is 0 Å². The standard InChI is InChI=1S/C12H17BrN2O2/c1-12(7-16,8-3-4-8)14-11(17)10-5-9(13)6-15(10)2/h5-6,8,16H,3-4,7H2,1-2H3,(H,14,17). The number of halogens is 1. The van der Waals surface area contributed by atoms with Crippen LogP contribution in [0.2, 0.25) is 0 Å². The van der Waals surface area contributed by atoms with Gasteiger partial charge < -0.3 is 15.0 Å². The van der Waals surface area contributed by atoms with Gasteiger partial charge in [0.05, 0.1) is 12.1 Å². The van der Waals surface area contributed by atoms with Gasteiger partial charge in [-0.25, -0.2) is 0 Å². The number of hydrogen-bond acceptors (Lipinski definition) is 2. The van der Waals surface area contributed by atoms with Crippen LogP contribution < -0.4 is 5.32 Å². The summed E-state index contributed by atoms with van der Waals surface area (Å²) in [6.45, 7) is 1.88. The molecule has 1 atom stereocenters. The highest BCUT2D eigenvalue weighted by molar-refractivity contribution is 9.10. The van der Waals surface area contributed by atoms with Gasteiger partial charge in [0.1, 0.15) is 5.69 Å². The molecule has 4 nitrogen and oxygen atoms in total. The molecule has 2 rings (SSSR count). The topological polar surface area (TPSA) is 54.3 Å². The highest BCUT2D eigenvalue weighted by atomic mass is 79.9. The monoisotopic (exact) mass is 300 g/mol. The van der Waals surface area contributed by atoms with Gasteiger partial charge in [-0.1, -0.05) is 0 Å². The summed E-state index contributed by atoms with van der Waals surface area (Å²) in [4.78, 5) is 12.1. The molecule has 2 N–H and O–H groups in total. The number of aliphatic hydroxyl groups excluding tert-OH is 1. The number of hydrogen-bond donors (Lipinski definition) is 2. The fraction of sp³-hybridized carbons (Fsp3) is 0.583. The van der Waals surface area contributed by atoms with Crippen LogP contribution in [0, 0.1) is 5.92 Å². The Labute approximate surface area is 109 Å². The normalized spacial score (nSPS) is 18.8. The predicted molar refractivity (Wildman–Crippen MR) is 68.8 cm³/mol. The van der Waals surface area contributed by atoms with E-state index in [0.717, 1.165) is 17.3 Å². The van der Waals surface area contributed by atoms with Crippen LogP contribution in [0.1, 0.15) is 30.3 Å². The summed E-state index contributed by atoms with van der Waals surface area (Å²) in [5.74, 6) is 0.266. The number of aliphatic hydroxyl groups is 1. The van der Waals surface area contributed by atoms with Crippen molar-refractivity contribution in [3.8, 4) is 0 Å². The molecule has 1 aliphatic rings. The maximum Gasteiger partial charge on any atom is 0.268 e. The molecule has 0 saturated heterocycles. The smallest absolute Gasteiger partial charge is 0.268 e. The summed E-state index contributed by atoms with van der Waals surface area (Å²) in [6.07, 6.45) is 3.99. The molecule has 94 valence electrons. The number of nitrogens with one attached hydrogen (secondary N) is 1. The zero-order valence-corrected chi connectivity index (χ0v) is 11.6. The predicted octanol–water partition coefficient (Wildman–Crippen LogP) is 1.68. The van der Waals surface area contributed by atoms with Crippen LogP contribution in [0.25, 0.3) is 0 Å². The van der Waals surface area contributed by atoms with Crippen molar-refractivity contribution in [2.24, 2.45) is 13.0 Å². The van der Waals surface area contributed by atoms with E-state index in [2.05, 4.69) is 21.2 Å². The summed E-state index contributed by atoms with van der Waals surface area (Å²) in [7, 11) is 1.83. The number of aryl methyl sites for hydroxylation is 1. The van der Waals surface area contributed by atoms with Crippen LogP contribution in [-0.4, -0.2) is 27.7 Å². The van der Waals surface area contributed by atoms with E-state index in [1.165, 1.54) is 0 Å². The van der Waals surface area contributed by atoms with Gasteiger partial charge in [0.15, 0.2) is 0 Å². The SMILES string of the molecule is Cn1cc(Br)cc1C(=O)NC(C)(CO)C1CC1. The average Bonchev–Trinajstić information content (AvgIpc) is 3.05. The van der Waals surface area contributed by atoms with Crippen molar-refractivity contribution >= 4 is 21.8 Å². The highest BCUT2D eigenvalue weighted by Gasteiger charge is 2.42. The number of rotatable bonds is 4. The van der Waals surface area contributed by atoms with Gasteiger partial charge in [-0.2, -0.15) is 0 Å². The van der Waals surface area contributed by atoms with E-state index < -0.39 is 5.54 Å². The lowest BCUT2D eigenvalue weighted by atomic mass is 9.97. The largest absolute Gasteiger partial charge is 0.394 e. The molecule has 0 aliphatic heterocycles. The third-order valence-corrected chi connectivity index (χ3v) is 3.84. The Morgan fingerprint density at radius 2 is 2.35 bits per heavy atom. The minimum atomic E-state index is -0.492. The van der Waals surface area contributed by atoms with E-state index in [0.29, 0.717) is 11.6 Å². The van der Waals surface area contributed by atoms with Crippen LogP contribution in [0.15, 0.2) is 16.7 Å². The molecule has 0 aromatic carbocycles. The van der Waals surface area contributed by atoms with Crippen molar-refractivity contribution in [1.29, 1.82) is 0 Å². The van der Waals surface area contributed by atoms with Gasteiger partial charge in [0, 0.05) is 17.7 Å². The van der Waals surface area contributed by atoms with E-state index in [4.69, 9.17) is 0 Å². The molecule has 1 aliphatic carbocycles. The molecule has 17 heavy (non-hydrogen) atoms. The first-order valence-electron chi connectivity index (χ1n) is 5.71. The van der Waals surface area contributed by atoms with E-state index in [-0.39, 0.29) is 12.5 Å². The molecule has 1 unspecified atom stereocenters. The molecule has 1 aromatic rings. The molecule has 0 bridgehead atoms. The molecule has 1 heterocycles. The molecule has 1 saturated carbocycles. The fourth-order valence-electron chi connectivity index (χ4n) is 2.06. The first-order chi connectivity index (χ1) is 7.96. The van der Waals surface area contributed by atoms with Crippen LogP contribution >= 0.6 is 15.9 Å². The lowest BCUT2D eigenvalue weighted by Gasteiger charge is -2.28. The Morgan fingerprint density at radius 1 is 1.71 bits per heavy atom. The molecule has 1 aromatic heterocycles. The Kier molecular flexibility index (Phi) is 3.32. The van der Waals surface area contributed by atoms with Gasteiger partial charge in [-0.05, 0) is 47.7 Å². The first kappa shape index (κ1) is 12.6. The maximum absolute atomic E-state index is 12.1. The van der Waals surface area contributed by atoms with Crippen LogP contribution in [0.3, 0.4) is 0 Å². The molecule has 1 amide bonds. The van der Waals surface area contributed by atoms with E-state index in [1.54, 1.807) is 10.6 Å². The number of carbonyl (C=O) groups is 1. The Hall–Kier alpha value is -0.810. The molecular weight excluding hydrogens is 284 g/mol. The first-order valence-corrected chi connectivity index (χ1v) is 6.51. The van der Waals surface area contributed by atoms with Crippen LogP contribution in [0.4, 0.5) is 0 Å². The third-order valence-electron chi connectivity index (χ3n) is 3.41. The van der Waals surface area contributed by atoms with Gasteiger partial charge in [-0.3, -0.25) is 4.79 Å². The Balaban J connectivity index is 2.13. The van der Waals surface area contributed by atoms with Gasteiger partial charge in [-0.15, -0.1) is 0 Å². The molecule has 0 spiro atoms. The molecular formula is C12H17BrN2O2. The second-order valence-corrected chi connectivity index (χ2v) is 5.87. The van der Waals surface area contributed by atoms with Crippen molar-refractivity contribution in [2.75, 3.05) is 6.61 Å². The van der Waals surface area contributed by atoms with Gasteiger partial charge >= 0.3 is 0 Å². The van der Waals surface area contributed by atoms with Crippen molar-refractivity contribution in [1.82, 2.24) is 9.88 Å². The molecule has 5 heteroatoms. The summed E-state index contributed by atoms with van der Waals surface area (Å²) >= 11 is 3.34. The summed E-state index contributed by atoms with van der Waals surface area (Å²) in [6, 6.07) is 1.78. The molecule has 0 radical (unpaired) electrons. The second kappa shape index (κ2) is 4.46. The number of nitrogens with zero attached hydrogens (tertiary/aromatic N) is 1. The van der Waals surface area contributed by atoms with E-state index in [9.17, 15) is 9.90 Å². The van der Waals surface area contributed by atoms with Gasteiger partial charge in [0.25, 0.3) is 5.91 Å². The minimum absolute atomic E-state index is 0.0189. The quantitative estimate of drug-likeness (QED) is 0.889. The Bertz CT molecular complexity index is 440. The highest BCUT2D eigenvalue weighted by Crippen LogP contribution is 2.39. The van der Waals surface area contributed by atoms with E-state index in [1.807, 2.05) is 20.2 Å². The molecule has 1 fully saturated rings. The minimum Gasteiger partial charge on any atom is -0.394 e. The van der Waals surface area contributed by atoms with Crippen molar-refractivity contribution in [2.45, 2.75) is 25.3 Å². The summed E-state index contributed by atoms with van der Waals surface area (Å²) in [5, 5.41) is 12.4. The number of aromatic nitrogens is 1. The average molecular weight is 301 g/mol. The second-order valence-electron chi connectivity index (χ2n) is 4.96. The summed E-state index contributed by atoms with van der Waals surface area (Å²) < 4.78 is 2.65. The van der Waals surface area contributed by atoms with Crippen LogP contribution in [0.5, 0.6) is 0 Å². The van der Waals surface area contributed by atoms with Crippen LogP contribution in [-0.2, 0) is 7.05 Å². The fourth-order valence-corrected chi connectivity index (χ4v) is 2.59. The lowest BCUT2D eigenvalue weighted by Crippen LogP contribution is -2.51. The summed E-state index contributed by atoms with van der Waals surface area (Å²) in [5.41, 5.74) is 0.102. The van der Waals surface area contributed by atoms with Crippen molar-refractivity contribution in [3.63, 3.8) is 0 Å². The number of carbonyl (C=O) groups excluding carboxylic acids is 1. The number of amides is 1. The van der Waals surface area contributed by atoms with E-state index >= 15 is 0 Å². The maximum atomic E-state index is 12.1. The van der Waals surface area contributed by atoms with Crippen molar-refractivity contribution in [3.05, 3.63) is 22.4 Å². The lowest BCUT2D eigenvalue weighted by molar-refractivity contribution is 0.0816. The third kappa shape index (κ3) is 2.55.